The minimum atomic E-state index is -1.35. The molecule has 0 nitrogen and oxygen atoms in total. The average molecular weight is 191 g/mol. The Bertz CT molecular complexity index is 315. The number of hydrogen-bond donors (Lipinski definition) is 0. The Morgan fingerprint density at radius 2 is 1.23 bits per heavy atom. The molecule has 0 saturated heterocycles. The van der Waals surface area contributed by atoms with Gasteiger partial charge in [-0.05, 0) is 13.3 Å². The summed E-state index contributed by atoms with van der Waals surface area (Å²) >= 11 is 0. The Morgan fingerprint density at radius 3 is 1.54 bits per heavy atom. The van der Waals surface area contributed by atoms with Crippen molar-refractivity contribution in [1.82, 2.24) is 0 Å². The smallest absolute Gasteiger partial charge is 0.165 e. The fourth-order valence-corrected chi connectivity index (χ4v) is 1.01. The Hall–Kier alpha value is -1.06. The largest absolute Gasteiger partial charge is 0.203 e. The van der Waals surface area contributed by atoms with Crippen molar-refractivity contribution in [3.05, 3.63) is 40.8 Å². The second-order valence-electron chi connectivity index (χ2n) is 2.58. The third kappa shape index (κ3) is 1.41. The first-order valence-corrected chi connectivity index (χ1v) is 3.62. The summed E-state index contributed by atoms with van der Waals surface area (Å²) in [6.07, 6.45) is 0.982. The van der Waals surface area contributed by atoms with Gasteiger partial charge in [0.25, 0.3) is 0 Å². The van der Waals surface area contributed by atoms with Crippen LogP contribution in [-0.4, -0.2) is 0 Å². The molecule has 0 heterocycles. The molecule has 0 unspecified atom stereocenters. The topological polar surface area (TPSA) is 0 Å². The number of halogens is 4. The van der Waals surface area contributed by atoms with Crippen molar-refractivity contribution in [1.29, 1.82) is 0 Å². The zero-order chi connectivity index (χ0) is 10.2. The summed E-state index contributed by atoms with van der Waals surface area (Å²) < 4.78 is 51.4. The van der Waals surface area contributed by atoms with Gasteiger partial charge in [0.15, 0.2) is 23.3 Å². The Balaban J connectivity index is 3.56. The zero-order valence-corrected chi connectivity index (χ0v) is 7.09. The summed E-state index contributed by atoms with van der Waals surface area (Å²) in [6.45, 7) is 2.28. The van der Waals surface area contributed by atoms with Crippen LogP contribution in [0.3, 0.4) is 0 Å². The molecule has 1 aromatic carbocycles. The lowest BCUT2D eigenvalue weighted by Crippen LogP contribution is -2.04. The van der Waals surface area contributed by atoms with E-state index in [9.17, 15) is 17.6 Å². The Labute approximate surface area is 73.2 Å². The van der Waals surface area contributed by atoms with Crippen molar-refractivity contribution < 1.29 is 17.6 Å². The number of benzene rings is 1. The van der Waals surface area contributed by atoms with E-state index in [1.54, 1.807) is 0 Å². The highest BCUT2D eigenvalue weighted by atomic mass is 19.2. The molecule has 0 aliphatic heterocycles. The molecule has 4 heteroatoms. The van der Waals surface area contributed by atoms with E-state index in [0.717, 1.165) is 13.3 Å². The van der Waals surface area contributed by atoms with Crippen molar-refractivity contribution in [2.24, 2.45) is 0 Å². The van der Waals surface area contributed by atoms with Gasteiger partial charge < -0.3 is 0 Å². The SMILES string of the molecule is C[CH]c1c(F)c(F)c(C)c(F)c1F. The number of hydrogen-bond acceptors (Lipinski definition) is 0. The molecule has 1 rings (SSSR count). The van der Waals surface area contributed by atoms with E-state index in [0.29, 0.717) is 0 Å². The van der Waals surface area contributed by atoms with E-state index in [1.165, 1.54) is 6.92 Å². The molecule has 0 fully saturated rings. The molecule has 71 valence electrons. The van der Waals surface area contributed by atoms with Crippen molar-refractivity contribution >= 4 is 0 Å². The molecule has 0 atom stereocenters. The predicted molar refractivity (Wildman–Crippen MR) is 40.1 cm³/mol. The Kier molecular flexibility index (Phi) is 2.59. The van der Waals surface area contributed by atoms with Crippen molar-refractivity contribution in [2.75, 3.05) is 0 Å². The fraction of sp³-hybridized carbons (Fsp3) is 0.222. The highest BCUT2D eigenvalue weighted by molar-refractivity contribution is 5.32. The second kappa shape index (κ2) is 3.36. The van der Waals surface area contributed by atoms with Gasteiger partial charge in [-0.2, -0.15) is 0 Å². The van der Waals surface area contributed by atoms with Gasteiger partial charge in [-0.3, -0.25) is 0 Å². The minimum absolute atomic E-state index is 0.638. The molecule has 13 heavy (non-hydrogen) atoms. The molecule has 0 spiro atoms. The molecule has 0 aliphatic carbocycles. The van der Waals surface area contributed by atoms with Crippen LogP contribution < -0.4 is 0 Å². The van der Waals surface area contributed by atoms with Gasteiger partial charge in [0.2, 0.25) is 0 Å². The van der Waals surface area contributed by atoms with Gasteiger partial charge in [-0.25, -0.2) is 17.6 Å². The summed E-state index contributed by atoms with van der Waals surface area (Å²) in [4.78, 5) is 0. The molecule has 1 aromatic rings. The fourth-order valence-electron chi connectivity index (χ4n) is 1.01. The van der Waals surface area contributed by atoms with E-state index in [1.807, 2.05) is 0 Å². The summed E-state index contributed by atoms with van der Waals surface area (Å²) in [5.74, 6) is -5.38. The highest BCUT2D eigenvalue weighted by Crippen LogP contribution is 2.24. The molecule has 0 N–H and O–H groups in total. The van der Waals surface area contributed by atoms with E-state index in [2.05, 4.69) is 0 Å². The second-order valence-corrected chi connectivity index (χ2v) is 2.58. The summed E-state index contributed by atoms with van der Waals surface area (Å²) in [5, 5.41) is 0. The molecule has 1 radical (unpaired) electrons. The van der Waals surface area contributed by atoms with Gasteiger partial charge in [0.1, 0.15) is 0 Å². The maximum atomic E-state index is 12.9. The summed E-state index contributed by atoms with van der Waals surface area (Å²) in [5.41, 5.74) is -1.30. The third-order valence-corrected chi connectivity index (χ3v) is 1.81. The van der Waals surface area contributed by atoms with Crippen molar-refractivity contribution in [3.8, 4) is 0 Å². The van der Waals surface area contributed by atoms with Crippen LogP contribution in [0.4, 0.5) is 17.6 Å². The van der Waals surface area contributed by atoms with Crippen LogP contribution in [0.1, 0.15) is 18.1 Å². The van der Waals surface area contributed by atoms with Gasteiger partial charge in [-0.1, -0.05) is 6.92 Å². The first-order chi connectivity index (χ1) is 6.00. The van der Waals surface area contributed by atoms with Gasteiger partial charge in [-0.15, -0.1) is 0 Å². The molecule has 0 aromatic heterocycles. The molecule has 0 saturated carbocycles. The number of rotatable bonds is 1. The quantitative estimate of drug-likeness (QED) is 0.472. The lowest BCUT2D eigenvalue weighted by atomic mass is 10.1. The Morgan fingerprint density at radius 1 is 0.846 bits per heavy atom. The van der Waals surface area contributed by atoms with Gasteiger partial charge in [0.05, 0.1) is 0 Å². The van der Waals surface area contributed by atoms with Gasteiger partial charge >= 0.3 is 0 Å². The predicted octanol–water partition coefficient (Wildman–Crippen LogP) is 3.12. The standard InChI is InChI=1S/C9H7F4/c1-3-5-8(12)6(10)4(2)7(11)9(5)13/h3H,1-2H3. The zero-order valence-electron chi connectivity index (χ0n) is 7.09. The minimum Gasteiger partial charge on any atom is -0.203 e. The normalized spacial score (nSPS) is 10.6. The van der Waals surface area contributed by atoms with Crippen LogP contribution in [0.2, 0.25) is 0 Å². The monoisotopic (exact) mass is 191 g/mol. The molecular weight excluding hydrogens is 184 g/mol. The molecule has 0 aliphatic rings. The maximum Gasteiger partial charge on any atom is 0.165 e. The van der Waals surface area contributed by atoms with E-state index in [-0.39, 0.29) is 0 Å². The summed E-state index contributed by atoms with van der Waals surface area (Å²) in [7, 11) is 0. The average Bonchev–Trinajstić information content (AvgIpc) is 2.13. The molecule has 0 amide bonds. The van der Waals surface area contributed by atoms with E-state index >= 15 is 0 Å². The van der Waals surface area contributed by atoms with Gasteiger partial charge in [0, 0.05) is 11.1 Å². The highest BCUT2D eigenvalue weighted by Gasteiger charge is 2.21. The van der Waals surface area contributed by atoms with Crippen LogP contribution in [0.5, 0.6) is 0 Å². The lowest BCUT2D eigenvalue weighted by molar-refractivity contribution is 0.438. The van der Waals surface area contributed by atoms with E-state index < -0.39 is 34.4 Å². The van der Waals surface area contributed by atoms with Crippen molar-refractivity contribution in [2.45, 2.75) is 13.8 Å². The maximum absolute atomic E-state index is 12.9. The van der Waals surface area contributed by atoms with Crippen LogP contribution in [0.25, 0.3) is 0 Å². The van der Waals surface area contributed by atoms with Crippen LogP contribution >= 0.6 is 0 Å². The molecule has 0 bridgehead atoms. The van der Waals surface area contributed by atoms with E-state index in [4.69, 9.17) is 0 Å². The third-order valence-electron chi connectivity index (χ3n) is 1.81. The summed E-state index contributed by atoms with van der Waals surface area (Å²) in [6, 6.07) is 0. The molecular formula is C9H7F4. The van der Waals surface area contributed by atoms with Crippen LogP contribution in [0, 0.1) is 36.6 Å². The van der Waals surface area contributed by atoms with Crippen LogP contribution in [0.15, 0.2) is 0 Å². The lowest BCUT2D eigenvalue weighted by Gasteiger charge is -2.06. The first kappa shape index (κ1) is 10.0. The first-order valence-electron chi connectivity index (χ1n) is 3.62. The van der Waals surface area contributed by atoms with Crippen molar-refractivity contribution in [3.63, 3.8) is 0 Å². The van der Waals surface area contributed by atoms with Crippen LogP contribution in [-0.2, 0) is 0 Å².